The topological polar surface area (TPSA) is 41.6 Å². The van der Waals surface area contributed by atoms with Crippen molar-refractivity contribution in [1.82, 2.24) is 10.2 Å². The molecule has 35 heavy (non-hydrogen) atoms. The second-order valence-electron chi connectivity index (χ2n) is 11.6. The Bertz CT molecular complexity index is 1030. The molecule has 0 aromatic heterocycles. The third-order valence-electron chi connectivity index (χ3n) is 9.07. The van der Waals surface area contributed by atoms with Crippen LogP contribution in [0.1, 0.15) is 76.1 Å². The van der Waals surface area contributed by atoms with Crippen LogP contribution in [-0.2, 0) is 17.6 Å². The van der Waals surface area contributed by atoms with E-state index >= 15 is 0 Å². The number of carbonyl (C=O) groups is 1. The van der Waals surface area contributed by atoms with Gasteiger partial charge in [0.25, 0.3) is 0 Å². The van der Waals surface area contributed by atoms with E-state index in [0.717, 1.165) is 58.2 Å². The van der Waals surface area contributed by atoms with Crippen molar-refractivity contribution < 1.29 is 9.53 Å². The van der Waals surface area contributed by atoms with Gasteiger partial charge < -0.3 is 10.1 Å². The van der Waals surface area contributed by atoms with Crippen molar-refractivity contribution in [3.05, 3.63) is 59.2 Å². The van der Waals surface area contributed by atoms with E-state index in [-0.39, 0.29) is 23.7 Å². The van der Waals surface area contributed by atoms with Crippen molar-refractivity contribution in [3.8, 4) is 11.1 Å². The molecule has 6 rings (SSSR count). The van der Waals surface area contributed by atoms with Crippen LogP contribution in [-0.4, -0.2) is 36.7 Å². The molecule has 4 nitrogen and oxygen atoms in total. The molecule has 3 saturated heterocycles. The zero-order chi connectivity index (χ0) is 24.6. The molecule has 3 heterocycles. The van der Waals surface area contributed by atoms with Crippen molar-refractivity contribution in [3.63, 3.8) is 0 Å². The lowest BCUT2D eigenvalue weighted by atomic mass is 9.76. The minimum Gasteiger partial charge on any atom is -0.445 e. The second kappa shape index (κ2) is 9.97. The quantitative estimate of drug-likeness (QED) is 0.481. The molecular weight excluding hydrogens is 432 g/mol. The highest BCUT2D eigenvalue weighted by atomic mass is 16.6. The van der Waals surface area contributed by atoms with E-state index in [1.54, 1.807) is 0 Å². The van der Waals surface area contributed by atoms with Gasteiger partial charge in [-0.05, 0) is 96.7 Å². The van der Waals surface area contributed by atoms with Crippen molar-refractivity contribution in [2.24, 2.45) is 17.3 Å². The molecule has 188 valence electrons. The fraction of sp³-hybridized carbons (Fsp3) is 0.581. The molecule has 4 aliphatic rings. The maximum atomic E-state index is 13.1. The summed E-state index contributed by atoms with van der Waals surface area (Å²) in [7, 11) is 0. The molecule has 0 radical (unpaired) electrons. The average Bonchev–Trinajstić information content (AvgIpc) is 3.17. The fourth-order valence-corrected chi connectivity index (χ4v) is 6.81. The minimum absolute atomic E-state index is 0.00329. The zero-order valence-corrected chi connectivity index (χ0v) is 22.0. The first-order valence-corrected chi connectivity index (χ1v) is 13.8. The van der Waals surface area contributed by atoms with E-state index in [4.69, 9.17) is 4.74 Å². The highest BCUT2D eigenvalue weighted by Crippen LogP contribution is 2.51. The first-order valence-electron chi connectivity index (χ1n) is 13.8. The first kappa shape index (κ1) is 24.4. The number of ether oxygens (including phenoxy) is 1. The predicted molar refractivity (Wildman–Crippen MR) is 142 cm³/mol. The lowest BCUT2D eigenvalue weighted by Crippen LogP contribution is -2.53. The molecule has 2 aromatic rings. The highest BCUT2D eigenvalue weighted by Gasteiger charge is 2.45. The molecule has 2 atom stereocenters. The lowest BCUT2D eigenvalue weighted by molar-refractivity contribution is -0.0353. The Hall–Kier alpha value is -2.33. The summed E-state index contributed by atoms with van der Waals surface area (Å²) in [6.45, 7) is 12.2. The van der Waals surface area contributed by atoms with Gasteiger partial charge in [0.2, 0.25) is 0 Å². The minimum atomic E-state index is -0.238. The number of hydrogen-bond donors (Lipinski definition) is 1. The lowest BCUT2D eigenvalue weighted by Gasteiger charge is -2.44. The summed E-state index contributed by atoms with van der Waals surface area (Å²) < 4.78 is 6.02. The van der Waals surface area contributed by atoms with Crippen LogP contribution in [0.25, 0.3) is 11.1 Å². The monoisotopic (exact) mass is 474 g/mol. The van der Waals surface area contributed by atoms with Crippen LogP contribution >= 0.6 is 0 Å². The normalized spacial score (nSPS) is 26.5. The average molecular weight is 475 g/mol. The summed E-state index contributed by atoms with van der Waals surface area (Å²) in [6, 6.07) is 15.9. The number of piperidine rings is 3. The first-order chi connectivity index (χ1) is 16.9. The van der Waals surface area contributed by atoms with Gasteiger partial charge in [-0.25, -0.2) is 4.79 Å². The van der Waals surface area contributed by atoms with Gasteiger partial charge >= 0.3 is 6.09 Å². The SMILES string of the molecule is CCC1(CC)Cc2cc(-c3ccc(CC(C)C)cc3)ccc2C1NC(=O)O[C@H]1CN2CCC1CC2. The van der Waals surface area contributed by atoms with E-state index in [9.17, 15) is 4.79 Å². The molecule has 0 saturated carbocycles. The zero-order valence-electron chi connectivity index (χ0n) is 22.0. The summed E-state index contributed by atoms with van der Waals surface area (Å²) in [5, 5.41) is 3.34. The number of hydrogen-bond acceptors (Lipinski definition) is 3. The van der Waals surface area contributed by atoms with Crippen LogP contribution in [0.4, 0.5) is 4.79 Å². The number of fused-ring (bicyclic) bond motifs is 4. The molecule has 3 aliphatic heterocycles. The Morgan fingerprint density at radius 3 is 2.34 bits per heavy atom. The molecular formula is C31H42N2O2. The summed E-state index contributed by atoms with van der Waals surface area (Å²) in [5.74, 6) is 1.19. The summed E-state index contributed by atoms with van der Waals surface area (Å²) >= 11 is 0. The number of carbonyl (C=O) groups excluding carboxylic acids is 1. The smallest absolute Gasteiger partial charge is 0.407 e. The van der Waals surface area contributed by atoms with Crippen molar-refractivity contribution in [1.29, 1.82) is 0 Å². The van der Waals surface area contributed by atoms with Crippen molar-refractivity contribution >= 4 is 6.09 Å². The van der Waals surface area contributed by atoms with Crippen LogP contribution in [0.2, 0.25) is 0 Å². The Labute approximate surface area is 211 Å². The Morgan fingerprint density at radius 1 is 1.06 bits per heavy atom. The number of rotatable bonds is 7. The van der Waals surface area contributed by atoms with Gasteiger partial charge in [-0.15, -0.1) is 0 Å². The fourth-order valence-electron chi connectivity index (χ4n) is 6.81. The molecule has 1 aliphatic carbocycles. The maximum absolute atomic E-state index is 13.1. The van der Waals surface area contributed by atoms with Gasteiger partial charge in [0.15, 0.2) is 0 Å². The molecule has 3 fully saturated rings. The number of alkyl carbamates (subject to hydrolysis) is 1. The van der Waals surface area contributed by atoms with Gasteiger partial charge in [0.1, 0.15) is 6.10 Å². The van der Waals surface area contributed by atoms with E-state index < -0.39 is 0 Å². The third-order valence-corrected chi connectivity index (χ3v) is 9.07. The van der Waals surface area contributed by atoms with Gasteiger partial charge in [0.05, 0.1) is 6.04 Å². The number of nitrogens with one attached hydrogen (secondary N) is 1. The number of amides is 1. The molecule has 1 amide bonds. The van der Waals surface area contributed by atoms with E-state index in [0.29, 0.717) is 11.8 Å². The summed E-state index contributed by atoms with van der Waals surface area (Å²) in [4.78, 5) is 15.6. The van der Waals surface area contributed by atoms with Gasteiger partial charge in [0, 0.05) is 6.54 Å². The Kier molecular flexibility index (Phi) is 6.94. The second-order valence-corrected chi connectivity index (χ2v) is 11.6. The van der Waals surface area contributed by atoms with Crippen molar-refractivity contribution in [2.45, 2.75) is 78.4 Å². The predicted octanol–water partition coefficient (Wildman–Crippen LogP) is 6.78. The Balaban J connectivity index is 1.34. The molecule has 1 unspecified atom stereocenters. The third kappa shape index (κ3) is 4.87. The number of benzene rings is 2. The van der Waals surface area contributed by atoms with Gasteiger partial charge in [-0.1, -0.05) is 70.2 Å². The van der Waals surface area contributed by atoms with Gasteiger partial charge in [-0.3, -0.25) is 4.90 Å². The maximum Gasteiger partial charge on any atom is 0.407 e. The molecule has 0 spiro atoms. The molecule has 4 heteroatoms. The van der Waals surface area contributed by atoms with Gasteiger partial charge in [-0.2, -0.15) is 0 Å². The van der Waals surface area contributed by atoms with Crippen LogP contribution in [0, 0.1) is 17.3 Å². The van der Waals surface area contributed by atoms with Crippen LogP contribution in [0.5, 0.6) is 0 Å². The van der Waals surface area contributed by atoms with E-state index in [1.807, 2.05) is 0 Å². The standard InChI is InChI=1S/C31H42N2O2/c1-5-31(6-2)19-26-18-25(23-9-7-22(8-10-23)17-21(3)4)11-12-27(26)29(31)32-30(34)35-28-20-33-15-13-24(28)14-16-33/h7-12,18,21,24,28-29H,5-6,13-17,19-20H2,1-4H3,(H,32,34)/t28-,29?/m0/s1. The van der Waals surface area contributed by atoms with E-state index in [1.165, 1.54) is 27.8 Å². The van der Waals surface area contributed by atoms with Crippen LogP contribution < -0.4 is 5.32 Å². The van der Waals surface area contributed by atoms with Crippen LogP contribution in [0.15, 0.2) is 42.5 Å². The molecule has 1 N–H and O–H groups in total. The molecule has 2 aromatic carbocycles. The summed E-state index contributed by atoms with van der Waals surface area (Å²) in [5.41, 5.74) is 6.58. The number of nitrogens with zero attached hydrogens (tertiary/aromatic N) is 1. The van der Waals surface area contributed by atoms with Crippen LogP contribution in [0.3, 0.4) is 0 Å². The van der Waals surface area contributed by atoms with E-state index in [2.05, 4.69) is 80.4 Å². The molecule has 2 bridgehead atoms. The largest absolute Gasteiger partial charge is 0.445 e. The highest BCUT2D eigenvalue weighted by molar-refractivity contribution is 5.70. The van der Waals surface area contributed by atoms with Crippen molar-refractivity contribution in [2.75, 3.05) is 19.6 Å². The Morgan fingerprint density at radius 2 is 1.74 bits per heavy atom. The summed E-state index contributed by atoms with van der Waals surface area (Å²) in [6.07, 6.45) is 6.28.